The van der Waals surface area contributed by atoms with Crippen LogP contribution in [-0.4, -0.2) is 17.5 Å². The molecule has 1 amide bonds. The van der Waals surface area contributed by atoms with Gasteiger partial charge in [0, 0.05) is 34.5 Å². The molecule has 1 N–H and O–H groups in total. The number of carbonyl (C=O) groups excluding carboxylic acids is 3. The molecule has 1 aromatic heterocycles. The molecular formula is C28H27NO3S. The van der Waals surface area contributed by atoms with Gasteiger partial charge in [-0.1, -0.05) is 36.4 Å². The zero-order valence-electron chi connectivity index (χ0n) is 18.7. The Labute approximate surface area is 198 Å². The maximum Gasteiger partial charge on any atom is 0.265 e. The van der Waals surface area contributed by atoms with Gasteiger partial charge in [-0.05, 0) is 73.8 Å². The monoisotopic (exact) mass is 457 g/mol. The lowest BCUT2D eigenvalue weighted by molar-refractivity contribution is 0.0968. The molecule has 4 nitrogen and oxygen atoms in total. The fraction of sp³-hybridized carbons (Fsp3) is 0.321. The van der Waals surface area contributed by atoms with Gasteiger partial charge >= 0.3 is 0 Å². The van der Waals surface area contributed by atoms with Crippen LogP contribution < -0.4 is 5.32 Å². The van der Waals surface area contributed by atoms with E-state index in [2.05, 4.69) is 5.32 Å². The Bertz CT molecular complexity index is 1220. The molecule has 168 valence electrons. The summed E-state index contributed by atoms with van der Waals surface area (Å²) in [5, 5.41) is 2.98. The van der Waals surface area contributed by atoms with Gasteiger partial charge in [-0.3, -0.25) is 14.4 Å². The van der Waals surface area contributed by atoms with Gasteiger partial charge in [0.25, 0.3) is 5.91 Å². The van der Waals surface area contributed by atoms with Crippen LogP contribution in [0, 0.1) is 18.8 Å². The highest BCUT2D eigenvalue weighted by molar-refractivity contribution is 7.17. The number of carbonyl (C=O) groups is 3. The Kier molecular flexibility index (Phi) is 5.98. The van der Waals surface area contributed by atoms with Crippen molar-refractivity contribution < 1.29 is 14.4 Å². The zero-order chi connectivity index (χ0) is 22.9. The number of aryl methyl sites for hydroxylation is 1. The Morgan fingerprint density at radius 3 is 2.06 bits per heavy atom. The fourth-order valence-corrected chi connectivity index (χ4v) is 4.86. The highest BCUT2D eigenvalue weighted by atomic mass is 32.1. The molecule has 33 heavy (non-hydrogen) atoms. The lowest BCUT2D eigenvalue weighted by Crippen LogP contribution is -2.12. The number of benzene rings is 2. The molecule has 0 saturated heterocycles. The van der Waals surface area contributed by atoms with Crippen LogP contribution in [0.5, 0.6) is 0 Å². The predicted octanol–water partition coefficient (Wildman–Crippen LogP) is 6.94. The summed E-state index contributed by atoms with van der Waals surface area (Å²) in [5.74, 6) is 1.29. The minimum absolute atomic E-state index is 0.144. The third-order valence-corrected chi connectivity index (χ3v) is 7.60. The molecule has 0 spiro atoms. The summed E-state index contributed by atoms with van der Waals surface area (Å²) in [5.41, 5.74) is 4.01. The molecule has 3 aromatic rings. The molecule has 0 unspecified atom stereocenters. The van der Waals surface area contributed by atoms with Crippen LogP contribution in [-0.2, 0) is 0 Å². The summed E-state index contributed by atoms with van der Waals surface area (Å²) in [6, 6.07) is 16.9. The second-order valence-electron chi connectivity index (χ2n) is 9.37. The largest absolute Gasteiger partial charge is 0.321 e. The molecule has 2 aromatic carbocycles. The van der Waals surface area contributed by atoms with Crippen molar-refractivity contribution in [3.05, 3.63) is 76.2 Å². The van der Waals surface area contributed by atoms with E-state index in [1.54, 1.807) is 6.07 Å². The van der Waals surface area contributed by atoms with Crippen molar-refractivity contribution in [2.45, 2.75) is 45.4 Å². The molecule has 2 aliphatic carbocycles. The van der Waals surface area contributed by atoms with Gasteiger partial charge in [-0.15, -0.1) is 11.3 Å². The summed E-state index contributed by atoms with van der Waals surface area (Å²) < 4.78 is 0. The Hall–Kier alpha value is -3.05. The summed E-state index contributed by atoms with van der Waals surface area (Å²) in [6.07, 6.45) is 5.86. The maximum atomic E-state index is 12.9. The molecule has 0 atom stereocenters. The topological polar surface area (TPSA) is 63.2 Å². The van der Waals surface area contributed by atoms with E-state index < -0.39 is 0 Å². The van der Waals surface area contributed by atoms with Crippen molar-refractivity contribution in [3.63, 3.8) is 0 Å². The van der Waals surface area contributed by atoms with Crippen LogP contribution in [0.4, 0.5) is 5.69 Å². The van der Waals surface area contributed by atoms with E-state index in [1.165, 1.54) is 24.2 Å². The van der Waals surface area contributed by atoms with Crippen LogP contribution >= 0.6 is 11.3 Å². The van der Waals surface area contributed by atoms with E-state index >= 15 is 0 Å². The molecule has 2 aliphatic rings. The molecule has 2 fully saturated rings. The third-order valence-electron chi connectivity index (χ3n) is 6.47. The summed E-state index contributed by atoms with van der Waals surface area (Å²) in [4.78, 5) is 39.2. The van der Waals surface area contributed by atoms with Crippen molar-refractivity contribution in [1.29, 1.82) is 0 Å². The van der Waals surface area contributed by atoms with E-state index in [9.17, 15) is 14.4 Å². The van der Waals surface area contributed by atoms with E-state index in [1.807, 2.05) is 55.5 Å². The third kappa shape index (κ3) is 5.31. The minimum Gasteiger partial charge on any atom is -0.321 e. The number of rotatable bonds is 9. The number of hydrogen-bond acceptors (Lipinski definition) is 4. The van der Waals surface area contributed by atoms with Gasteiger partial charge in [0.05, 0.1) is 4.88 Å². The van der Waals surface area contributed by atoms with Gasteiger partial charge in [-0.25, -0.2) is 0 Å². The zero-order valence-corrected chi connectivity index (χ0v) is 19.5. The van der Waals surface area contributed by atoms with Crippen molar-refractivity contribution in [2.75, 3.05) is 5.32 Å². The number of Topliss-reactive ketones (excluding diaryl/α,β-unsaturated/α-hetero) is 2. The molecule has 1 heterocycles. The molecule has 5 heteroatoms. The van der Waals surface area contributed by atoms with E-state index in [0.29, 0.717) is 40.8 Å². The quantitative estimate of drug-likeness (QED) is 0.354. The first-order valence-corrected chi connectivity index (χ1v) is 12.5. The number of amides is 1. The fourth-order valence-electron chi connectivity index (χ4n) is 3.95. The average Bonchev–Trinajstić information content (AvgIpc) is 3.75. The maximum absolute atomic E-state index is 12.9. The Balaban J connectivity index is 1.26. The molecule has 0 bridgehead atoms. The van der Waals surface area contributed by atoms with Gasteiger partial charge in [0.15, 0.2) is 11.6 Å². The first-order valence-electron chi connectivity index (χ1n) is 11.6. The van der Waals surface area contributed by atoms with Crippen molar-refractivity contribution in [2.24, 2.45) is 11.8 Å². The lowest BCUT2D eigenvalue weighted by Gasteiger charge is -2.10. The summed E-state index contributed by atoms with van der Waals surface area (Å²) >= 11 is 1.42. The standard InChI is InChI=1S/C28H27NO3S/c1-17-2-7-22(25(31)15-19-5-6-19)16-23(17)29-28(32)27-13-12-26(33-27)21-10-8-20(9-11-21)24(30)14-18-3-4-18/h2,7-13,16,18-19H,3-6,14-15H2,1H3,(H,29,32). The second kappa shape index (κ2) is 9.06. The Morgan fingerprint density at radius 2 is 1.42 bits per heavy atom. The van der Waals surface area contributed by atoms with Crippen molar-refractivity contribution in [1.82, 2.24) is 0 Å². The van der Waals surface area contributed by atoms with Crippen LogP contribution in [0.25, 0.3) is 10.4 Å². The molecule has 0 aliphatic heterocycles. The van der Waals surface area contributed by atoms with Crippen LogP contribution in [0.2, 0.25) is 0 Å². The van der Waals surface area contributed by atoms with Crippen LogP contribution in [0.15, 0.2) is 54.6 Å². The first-order chi connectivity index (χ1) is 16.0. The first kappa shape index (κ1) is 21.8. The van der Waals surface area contributed by atoms with E-state index in [0.717, 1.165) is 34.4 Å². The van der Waals surface area contributed by atoms with Crippen LogP contribution in [0.3, 0.4) is 0 Å². The minimum atomic E-state index is -0.183. The lowest BCUT2D eigenvalue weighted by atomic mass is 10.0. The number of ketones is 2. The number of hydrogen-bond donors (Lipinski definition) is 1. The molecule has 2 saturated carbocycles. The number of anilines is 1. The van der Waals surface area contributed by atoms with Crippen LogP contribution in [0.1, 0.15) is 74.5 Å². The number of thiophene rings is 1. The average molecular weight is 458 g/mol. The second-order valence-corrected chi connectivity index (χ2v) is 10.5. The van der Waals surface area contributed by atoms with Gasteiger partial charge in [0.2, 0.25) is 0 Å². The van der Waals surface area contributed by atoms with Gasteiger partial charge in [-0.2, -0.15) is 0 Å². The smallest absolute Gasteiger partial charge is 0.265 e. The number of nitrogens with one attached hydrogen (secondary N) is 1. The summed E-state index contributed by atoms with van der Waals surface area (Å²) in [6.45, 7) is 1.93. The highest BCUT2D eigenvalue weighted by Gasteiger charge is 2.26. The predicted molar refractivity (Wildman–Crippen MR) is 132 cm³/mol. The van der Waals surface area contributed by atoms with E-state index in [4.69, 9.17) is 0 Å². The summed E-state index contributed by atoms with van der Waals surface area (Å²) in [7, 11) is 0. The Morgan fingerprint density at radius 1 is 0.818 bits per heavy atom. The molecular weight excluding hydrogens is 430 g/mol. The van der Waals surface area contributed by atoms with Crippen molar-refractivity contribution in [3.8, 4) is 10.4 Å². The van der Waals surface area contributed by atoms with Gasteiger partial charge < -0.3 is 5.32 Å². The highest BCUT2D eigenvalue weighted by Crippen LogP contribution is 2.35. The van der Waals surface area contributed by atoms with E-state index in [-0.39, 0.29) is 17.5 Å². The SMILES string of the molecule is Cc1ccc(C(=O)CC2CC2)cc1NC(=O)c1ccc(-c2ccc(C(=O)CC3CC3)cc2)s1. The van der Waals surface area contributed by atoms with Gasteiger partial charge in [0.1, 0.15) is 0 Å². The molecule has 0 radical (unpaired) electrons. The van der Waals surface area contributed by atoms with Crippen molar-refractivity contribution >= 4 is 34.5 Å². The normalized spacial score (nSPS) is 15.3. The molecule has 5 rings (SSSR count).